The molecule has 31 heavy (non-hydrogen) atoms. The summed E-state index contributed by atoms with van der Waals surface area (Å²) in [6.45, 7) is 5.33. The predicted molar refractivity (Wildman–Crippen MR) is 128 cm³/mol. The van der Waals surface area contributed by atoms with E-state index in [1.807, 2.05) is 80.6 Å². The van der Waals surface area contributed by atoms with E-state index in [4.69, 9.17) is 0 Å². The molecule has 162 valence electrons. The first-order valence-electron chi connectivity index (χ1n) is 9.86. The summed E-state index contributed by atoms with van der Waals surface area (Å²) in [7, 11) is -3.69. The van der Waals surface area contributed by atoms with Crippen molar-refractivity contribution < 1.29 is 13.2 Å². The summed E-state index contributed by atoms with van der Waals surface area (Å²) in [5.74, 6) is -0.396. The number of carbonyl (C=O) groups excluding carboxylic acids is 1. The molecule has 1 atom stereocenters. The Hall–Kier alpha value is -2.77. The molecule has 5 nitrogen and oxygen atoms in total. The maximum Gasteiger partial charge on any atom is 0.248 e. The van der Waals surface area contributed by atoms with Crippen LogP contribution in [-0.2, 0) is 14.8 Å². The number of aryl methyl sites for hydroxylation is 2. The molecular weight excluding hydrogens is 428 g/mol. The zero-order chi connectivity index (χ0) is 22.6. The van der Waals surface area contributed by atoms with Crippen molar-refractivity contribution in [3.63, 3.8) is 0 Å². The van der Waals surface area contributed by atoms with E-state index < -0.39 is 22.0 Å². The van der Waals surface area contributed by atoms with E-state index in [2.05, 4.69) is 5.32 Å². The van der Waals surface area contributed by atoms with Gasteiger partial charge in [-0.05, 0) is 62.2 Å². The normalized spacial score (nSPS) is 12.3. The van der Waals surface area contributed by atoms with E-state index in [0.29, 0.717) is 11.4 Å². The second-order valence-electron chi connectivity index (χ2n) is 7.43. The highest BCUT2D eigenvalue weighted by Gasteiger charge is 2.30. The molecule has 0 unspecified atom stereocenters. The summed E-state index contributed by atoms with van der Waals surface area (Å²) in [6, 6.07) is 22.0. The van der Waals surface area contributed by atoms with E-state index in [9.17, 15) is 13.2 Å². The van der Waals surface area contributed by atoms with Gasteiger partial charge in [-0.2, -0.15) is 0 Å². The van der Waals surface area contributed by atoms with Gasteiger partial charge in [0.2, 0.25) is 15.9 Å². The first-order valence-corrected chi connectivity index (χ1v) is 12.5. The van der Waals surface area contributed by atoms with Crippen molar-refractivity contribution in [2.24, 2.45) is 0 Å². The molecule has 0 fully saturated rings. The van der Waals surface area contributed by atoms with Gasteiger partial charge >= 0.3 is 0 Å². The molecule has 0 aliphatic heterocycles. The Balaban J connectivity index is 1.89. The van der Waals surface area contributed by atoms with Crippen LogP contribution in [0.25, 0.3) is 0 Å². The molecule has 0 spiro atoms. The van der Waals surface area contributed by atoms with Gasteiger partial charge in [0.1, 0.15) is 6.04 Å². The number of para-hydroxylation sites is 1. The van der Waals surface area contributed by atoms with Crippen LogP contribution in [-0.4, -0.2) is 26.6 Å². The Kier molecular flexibility index (Phi) is 7.08. The lowest BCUT2D eigenvalue weighted by molar-refractivity contribution is -0.116. The van der Waals surface area contributed by atoms with Crippen LogP contribution in [0.3, 0.4) is 0 Å². The number of rotatable bonds is 7. The van der Waals surface area contributed by atoms with E-state index in [0.717, 1.165) is 27.2 Å². The van der Waals surface area contributed by atoms with E-state index >= 15 is 0 Å². The summed E-state index contributed by atoms with van der Waals surface area (Å²) in [5.41, 5.74) is 2.86. The van der Waals surface area contributed by atoms with Gasteiger partial charge in [0.25, 0.3) is 0 Å². The highest BCUT2D eigenvalue weighted by atomic mass is 32.2. The van der Waals surface area contributed by atoms with E-state index in [-0.39, 0.29) is 0 Å². The topological polar surface area (TPSA) is 66.5 Å². The zero-order valence-electron chi connectivity index (χ0n) is 18.0. The highest BCUT2D eigenvalue weighted by Crippen LogP contribution is 2.34. The van der Waals surface area contributed by atoms with Crippen molar-refractivity contribution in [3.8, 4) is 0 Å². The molecule has 0 heterocycles. The summed E-state index contributed by atoms with van der Waals surface area (Å²) >= 11 is 1.54. The smallest absolute Gasteiger partial charge is 0.248 e. The van der Waals surface area contributed by atoms with Crippen molar-refractivity contribution in [2.75, 3.05) is 15.9 Å². The molecule has 7 heteroatoms. The lowest BCUT2D eigenvalue weighted by atomic mass is 10.1. The molecule has 0 aliphatic rings. The van der Waals surface area contributed by atoms with Gasteiger partial charge in [-0.25, -0.2) is 8.42 Å². The van der Waals surface area contributed by atoms with Crippen LogP contribution >= 0.6 is 11.8 Å². The number of hydrogen-bond acceptors (Lipinski definition) is 4. The van der Waals surface area contributed by atoms with Crippen molar-refractivity contribution in [3.05, 3.63) is 83.9 Å². The van der Waals surface area contributed by atoms with Crippen molar-refractivity contribution in [1.82, 2.24) is 0 Å². The molecule has 3 aromatic rings. The Morgan fingerprint density at radius 3 is 2.29 bits per heavy atom. The highest BCUT2D eigenvalue weighted by molar-refractivity contribution is 7.99. The number of benzene rings is 3. The Labute approximate surface area is 188 Å². The average Bonchev–Trinajstić information content (AvgIpc) is 2.72. The van der Waals surface area contributed by atoms with Gasteiger partial charge in [-0.15, -0.1) is 0 Å². The fourth-order valence-electron chi connectivity index (χ4n) is 3.25. The first kappa shape index (κ1) is 22.9. The van der Waals surface area contributed by atoms with Crippen LogP contribution < -0.4 is 9.62 Å². The van der Waals surface area contributed by atoms with Crippen molar-refractivity contribution >= 4 is 39.1 Å². The SMILES string of the molecule is Cc1ccc(C)c(N([C@@H](C)C(=O)Nc2ccccc2Sc2ccccc2)S(C)(=O)=O)c1. The lowest BCUT2D eigenvalue weighted by Crippen LogP contribution is -2.45. The van der Waals surface area contributed by atoms with Crippen LogP contribution in [0.15, 0.2) is 82.6 Å². The number of carbonyl (C=O) groups is 1. The van der Waals surface area contributed by atoms with Crippen LogP contribution in [0.1, 0.15) is 18.1 Å². The van der Waals surface area contributed by atoms with Gasteiger partial charge in [0.05, 0.1) is 17.6 Å². The zero-order valence-corrected chi connectivity index (χ0v) is 19.6. The fraction of sp³-hybridized carbons (Fsp3) is 0.208. The molecule has 0 bridgehead atoms. The number of nitrogens with zero attached hydrogens (tertiary/aromatic N) is 1. The molecule has 1 N–H and O–H groups in total. The largest absolute Gasteiger partial charge is 0.323 e. The third kappa shape index (κ3) is 5.68. The van der Waals surface area contributed by atoms with Crippen LogP contribution in [0.4, 0.5) is 11.4 Å². The molecule has 1 amide bonds. The first-order chi connectivity index (χ1) is 14.7. The molecule has 3 aromatic carbocycles. The Bertz CT molecular complexity index is 1180. The van der Waals surface area contributed by atoms with Gasteiger partial charge < -0.3 is 5.32 Å². The maximum absolute atomic E-state index is 13.1. The minimum atomic E-state index is -3.69. The Morgan fingerprint density at radius 1 is 0.968 bits per heavy atom. The lowest BCUT2D eigenvalue weighted by Gasteiger charge is -2.30. The van der Waals surface area contributed by atoms with Crippen molar-refractivity contribution in [1.29, 1.82) is 0 Å². The molecule has 0 aliphatic carbocycles. The minimum Gasteiger partial charge on any atom is -0.323 e. The number of sulfonamides is 1. The summed E-state index contributed by atoms with van der Waals surface area (Å²) in [5, 5.41) is 2.92. The fourth-order valence-corrected chi connectivity index (χ4v) is 5.40. The molecule has 0 aromatic heterocycles. The standard InChI is InChI=1S/C24H26N2O3S2/c1-17-14-15-18(2)22(16-17)26(31(4,28)29)19(3)24(27)25-21-12-8-9-13-23(21)30-20-10-6-5-7-11-20/h5-16,19H,1-4H3,(H,25,27)/t19-/m0/s1. The average molecular weight is 455 g/mol. The number of nitrogens with one attached hydrogen (secondary N) is 1. The van der Waals surface area contributed by atoms with Crippen molar-refractivity contribution in [2.45, 2.75) is 36.6 Å². The summed E-state index contributed by atoms with van der Waals surface area (Å²) in [6.07, 6.45) is 1.12. The van der Waals surface area contributed by atoms with Crippen LogP contribution in [0, 0.1) is 13.8 Å². The van der Waals surface area contributed by atoms with E-state index in [1.165, 1.54) is 16.1 Å². The Morgan fingerprint density at radius 2 is 1.61 bits per heavy atom. The molecule has 0 radical (unpaired) electrons. The molecular formula is C24H26N2O3S2. The third-order valence-electron chi connectivity index (χ3n) is 4.81. The van der Waals surface area contributed by atoms with Gasteiger partial charge in [0, 0.05) is 9.79 Å². The van der Waals surface area contributed by atoms with E-state index in [1.54, 1.807) is 13.0 Å². The number of amides is 1. The van der Waals surface area contributed by atoms with Crippen LogP contribution in [0.5, 0.6) is 0 Å². The molecule has 0 saturated carbocycles. The minimum absolute atomic E-state index is 0.396. The predicted octanol–water partition coefficient (Wildman–Crippen LogP) is 5.25. The van der Waals surface area contributed by atoms with Gasteiger partial charge in [-0.3, -0.25) is 9.10 Å². The monoisotopic (exact) mass is 454 g/mol. The second kappa shape index (κ2) is 9.58. The summed E-state index contributed by atoms with van der Waals surface area (Å²) < 4.78 is 26.5. The molecule has 3 rings (SSSR count). The summed E-state index contributed by atoms with van der Waals surface area (Å²) in [4.78, 5) is 15.1. The van der Waals surface area contributed by atoms with Crippen LogP contribution in [0.2, 0.25) is 0 Å². The van der Waals surface area contributed by atoms with Gasteiger partial charge in [-0.1, -0.05) is 54.2 Å². The number of hydrogen-bond donors (Lipinski definition) is 1. The maximum atomic E-state index is 13.1. The number of anilines is 2. The quantitative estimate of drug-likeness (QED) is 0.530. The van der Waals surface area contributed by atoms with Gasteiger partial charge in [0.15, 0.2) is 0 Å². The second-order valence-corrected chi connectivity index (χ2v) is 10.4. The molecule has 0 saturated heterocycles. The third-order valence-corrected chi connectivity index (χ3v) is 7.12.